The Hall–Kier alpha value is -2.43. The molecule has 5 heteroatoms. The fourth-order valence-electron chi connectivity index (χ4n) is 3.08. The van der Waals surface area contributed by atoms with E-state index in [0.717, 1.165) is 56.9 Å². The Labute approximate surface area is 174 Å². The lowest BCUT2D eigenvalue weighted by Crippen LogP contribution is -2.01. The first-order valence-corrected chi connectivity index (χ1v) is 10.5. The number of carbonyl (C=O) groups excluding carboxylic acids is 3. The molecule has 0 bridgehead atoms. The van der Waals surface area contributed by atoms with Crippen LogP contribution in [0.2, 0.25) is 0 Å². The predicted octanol–water partition coefficient (Wildman–Crippen LogP) is 5.03. The maximum atomic E-state index is 12.0. The van der Waals surface area contributed by atoms with Crippen molar-refractivity contribution in [1.82, 2.24) is 0 Å². The second kappa shape index (κ2) is 15.5. The summed E-state index contributed by atoms with van der Waals surface area (Å²) in [6, 6.07) is 0. The highest BCUT2D eigenvalue weighted by Gasteiger charge is 2.20. The third kappa shape index (κ3) is 11.2. The van der Waals surface area contributed by atoms with Crippen LogP contribution in [0.3, 0.4) is 0 Å². The van der Waals surface area contributed by atoms with Crippen molar-refractivity contribution in [2.75, 3.05) is 14.2 Å². The molecule has 1 aliphatic rings. The molecular formula is C24H34O5. The number of ketones is 1. The monoisotopic (exact) mass is 402 g/mol. The molecule has 0 N–H and O–H groups in total. The zero-order chi connectivity index (χ0) is 21.3. The summed E-state index contributed by atoms with van der Waals surface area (Å²) in [5.74, 6) is -0.115. The van der Waals surface area contributed by atoms with E-state index in [9.17, 15) is 14.4 Å². The largest absolute Gasteiger partial charge is 0.469 e. The summed E-state index contributed by atoms with van der Waals surface area (Å²) in [7, 11) is 2.81. The fourth-order valence-corrected chi connectivity index (χ4v) is 3.08. The summed E-state index contributed by atoms with van der Waals surface area (Å²) in [6.07, 6.45) is 22.1. The molecule has 0 saturated carbocycles. The van der Waals surface area contributed by atoms with Crippen LogP contribution in [0.4, 0.5) is 0 Å². The molecule has 0 aromatic rings. The highest BCUT2D eigenvalue weighted by molar-refractivity contribution is 6.07. The molecule has 1 atom stereocenters. The summed E-state index contributed by atoms with van der Waals surface area (Å²) in [6.45, 7) is 0. The number of esters is 2. The van der Waals surface area contributed by atoms with E-state index in [1.54, 1.807) is 6.08 Å². The van der Waals surface area contributed by atoms with Crippen molar-refractivity contribution in [3.8, 4) is 0 Å². The molecule has 0 fully saturated rings. The number of hydrogen-bond donors (Lipinski definition) is 0. The Morgan fingerprint density at radius 2 is 1.55 bits per heavy atom. The van der Waals surface area contributed by atoms with Crippen molar-refractivity contribution in [3.05, 3.63) is 48.1 Å². The minimum atomic E-state index is -0.194. The van der Waals surface area contributed by atoms with Crippen LogP contribution in [0, 0.1) is 5.92 Å². The molecule has 0 saturated heterocycles. The lowest BCUT2D eigenvalue weighted by molar-refractivity contribution is -0.141. The number of unbranched alkanes of at least 4 members (excludes halogenated alkanes) is 5. The number of ether oxygens (including phenoxy) is 2. The van der Waals surface area contributed by atoms with Crippen LogP contribution in [0.15, 0.2) is 48.1 Å². The highest BCUT2D eigenvalue weighted by atomic mass is 16.5. The smallest absolute Gasteiger partial charge is 0.305 e. The van der Waals surface area contributed by atoms with Crippen molar-refractivity contribution >= 4 is 17.7 Å². The van der Waals surface area contributed by atoms with Crippen LogP contribution in [0.5, 0.6) is 0 Å². The minimum Gasteiger partial charge on any atom is -0.469 e. The van der Waals surface area contributed by atoms with Gasteiger partial charge in [-0.25, -0.2) is 0 Å². The summed E-state index contributed by atoms with van der Waals surface area (Å²) in [4.78, 5) is 34.1. The third-order valence-electron chi connectivity index (χ3n) is 4.84. The Balaban J connectivity index is 2.24. The SMILES string of the molecule is COC(=O)CCC/C=C/C=C1/C(=O)C=C[C@@H]1C/C=C\CCCCCCC(=O)OC. The third-order valence-corrected chi connectivity index (χ3v) is 4.84. The standard InChI is InChI=1S/C24H34O5/c1-28-23(26)16-12-7-5-3-4-6-10-14-20-18-19-22(25)21(20)15-11-8-9-13-17-24(27)29-2/h6,8,10-11,15,18-20H,3-5,7,9,12-14,16-17H2,1-2H3/b10-6-,11-8+,21-15+/t20-/m0/s1. The molecular weight excluding hydrogens is 368 g/mol. The first-order valence-electron chi connectivity index (χ1n) is 10.5. The summed E-state index contributed by atoms with van der Waals surface area (Å²) >= 11 is 0. The molecule has 0 radical (unpaired) electrons. The van der Waals surface area contributed by atoms with Crippen molar-refractivity contribution < 1.29 is 23.9 Å². The topological polar surface area (TPSA) is 69.7 Å². The van der Waals surface area contributed by atoms with Crippen molar-refractivity contribution in [3.63, 3.8) is 0 Å². The number of carbonyl (C=O) groups is 3. The van der Waals surface area contributed by atoms with E-state index in [4.69, 9.17) is 0 Å². The van der Waals surface area contributed by atoms with Gasteiger partial charge in [0.15, 0.2) is 5.78 Å². The maximum absolute atomic E-state index is 12.0. The van der Waals surface area contributed by atoms with Gasteiger partial charge in [-0.2, -0.15) is 0 Å². The minimum absolute atomic E-state index is 0.0771. The number of allylic oxidation sites excluding steroid dienone is 8. The average molecular weight is 403 g/mol. The summed E-state index contributed by atoms with van der Waals surface area (Å²) in [5, 5.41) is 0. The lowest BCUT2D eigenvalue weighted by Gasteiger charge is -2.06. The second-order valence-corrected chi connectivity index (χ2v) is 7.08. The summed E-state index contributed by atoms with van der Waals surface area (Å²) in [5.41, 5.74) is 0.821. The van der Waals surface area contributed by atoms with Crippen LogP contribution in [-0.2, 0) is 23.9 Å². The van der Waals surface area contributed by atoms with E-state index < -0.39 is 0 Å². The lowest BCUT2D eigenvalue weighted by atomic mass is 9.97. The summed E-state index contributed by atoms with van der Waals surface area (Å²) < 4.78 is 9.23. The molecule has 1 rings (SSSR count). The zero-order valence-corrected chi connectivity index (χ0v) is 17.7. The second-order valence-electron chi connectivity index (χ2n) is 7.08. The van der Waals surface area contributed by atoms with Crippen LogP contribution < -0.4 is 0 Å². The fraction of sp³-hybridized carbons (Fsp3) is 0.542. The molecule has 0 aliphatic heterocycles. The molecule has 0 unspecified atom stereocenters. The van der Waals surface area contributed by atoms with E-state index in [-0.39, 0.29) is 23.6 Å². The van der Waals surface area contributed by atoms with Crippen LogP contribution >= 0.6 is 0 Å². The van der Waals surface area contributed by atoms with Gasteiger partial charge in [0.2, 0.25) is 0 Å². The van der Waals surface area contributed by atoms with E-state index >= 15 is 0 Å². The van der Waals surface area contributed by atoms with E-state index in [0.29, 0.717) is 12.8 Å². The van der Waals surface area contributed by atoms with Crippen LogP contribution in [-0.4, -0.2) is 31.9 Å². The van der Waals surface area contributed by atoms with Gasteiger partial charge in [-0.3, -0.25) is 14.4 Å². The Morgan fingerprint density at radius 1 is 0.897 bits per heavy atom. The number of hydrogen-bond acceptors (Lipinski definition) is 5. The van der Waals surface area contributed by atoms with Gasteiger partial charge < -0.3 is 9.47 Å². The molecule has 0 spiro atoms. The van der Waals surface area contributed by atoms with Gasteiger partial charge in [-0.15, -0.1) is 0 Å². The van der Waals surface area contributed by atoms with Gasteiger partial charge in [-0.1, -0.05) is 49.3 Å². The van der Waals surface area contributed by atoms with E-state index in [2.05, 4.69) is 21.6 Å². The maximum Gasteiger partial charge on any atom is 0.305 e. The zero-order valence-electron chi connectivity index (χ0n) is 17.7. The molecule has 5 nitrogen and oxygen atoms in total. The number of methoxy groups -OCH3 is 2. The quantitative estimate of drug-likeness (QED) is 0.176. The molecule has 0 amide bonds. The average Bonchev–Trinajstić information content (AvgIpc) is 3.08. The molecule has 1 aliphatic carbocycles. The van der Waals surface area contributed by atoms with E-state index in [1.807, 2.05) is 24.3 Å². The van der Waals surface area contributed by atoms with Crippen molar-refractivity contribution in [2.45, 2.75) is 64.2 Å². The first-order chi connectivity index (χ1) is 14.1. The van der Waals surface area contributed by atoms with Gasteiger partial charge in [-0.05, 0) is 44.6 Å². The predicted molar refractivity (Wildman–Crippen MR) is 114 cm³/mol. The van der Waals surface area contributed by atoms with Crippen LogP contribution in [0.1, 0.15) is 64.2 Å². The van der Waals surface area contributed by atoms with Gasteiger partial charge in [0.1, 0.15) is 0 Å². The van der Waals surface area contributed by atoms with Crippen molar-refractivity contribution in [1.29, 1.82) is 0 Å². The van der Waals surface area contributed by atoms with Gasteiger partial charge in [0, 0.05) is 24.3 Å². The molecule has 0 aromatic carbocycles. The Morgan fingerprint density at radius 3 is 2.28 bits per heavy atom. The highest BCUT2D eigenvalue weighted by Crippen LogP contribution is 2.25. The molecule has 0 aromatic heterocycles. The van der Waals surface area contributed by atoms with Crippen molar-refractivity contribution in [2.24, 2.45) is 5.92 Å². The van der Waals surface area contributed by atoms with Gasteiger partial charge in [0.25, 0.3) is 0 Å². The normalized spacial score (nSPS) is 17.7. The van der Waals surface area contributed by atoms with Crippen LogP contribution in [0.25, 0.3) is 0 Å². The Kier molecular flexibility index (Phi) is 13.1. The van der Waals surface area contributed by atoms with Gasteiger partial charge >= 0.3 is 11.9 Å². The molecule has 0 heterocycles. The van der Waals surface area contributed by atoms with E-state index in [1.165, 1.54) is 14.2 Å². The number of rotatable bonds is 14. The van der Waals surface area contributed by atoms with Gasteiger partial charge in [0.05, 0.1) is 14.2 Å². The first kappa shape index (κ1) is 24.6. The molecule has 160 valence electrons. The Bertz CT molecular complexity index is 640. The molecule has 29 heavy (non-hydrogen) atoms.